The van der Waals surface area contributed by atoms with E-state index in [0.717, 1.165) is 24.3 Å². The molecule has 0 saturated heterocycles. The van der Waals surface area contributed by atoms with Crippen LogP contribution >= 0.6 is 0 Å². The molecule has 2 aromatic carbocycles. The molecule has 1 aliphatic rings. The van der Waals surface area contributed by atoms with Crippen molar-refractivity contribution in [2.45, 2.75) is 19.3 Å². The molecule has 1 heterocycles. The second-order valence-corrected chi connectivity index (χ2v) is 6.18. The molecule has 0 unspecified atom stereocenters. The van der Waals surface area contributed by atoms with Crippen molar-refractivity contribution in [2.75, 3.05) is 32.1 Å². The lowest BCUT2D eigenvalue weighted by Gasteiger charge is -2.20. The van der Waals surface area contributed by atoms with Gasteiger partial charge in [-0.05, 0) is 48.7 Å². The van der Waals surface area contributed by atoms with Crippen LogP contribution in [0.4, 0.5) is 10.1 Å². The summed E-state index contributed by atoms with van der Waals surface area (Å²) in [5.41, 5.74) is 2.61. The minimum Gasteiger partial charge on any atom is -0.497 e. The molecule has 2 N–H and O–H groups in total. The van der Waals surface area contributed by atoms with Gasteiger partial charge >= 0.3 is 0 Å². The van der Waals surface area contributed by atoms with Crippen LogP contribution in [0.5, 0.6) is 11.5 Å². The Morgan fingerprint density at radius 3 is 2.73 bits per heavy atom. The second kappa shape index (κ2) is 8.67. The summed E-state index contributed by atoms with van der Waals surface area (Å²) < 4.78 is 24.5. The summed E-state index contributed by atoms with van der Waals surface area (Å²) in [6, 6.07) is 10.7. The normalized spacial score (nSPS) is 13.1. The number of methoxy groups -OCH3 is 1. The van der Waals surface area contributed by atoms with Crippen LogP contribution in [0, 0.1) is 5.82 Å². The highest BCUT2D eigenvalue weighted by Crippen LogP contribution is 2.33. The van der Waals surface area contributed by atoms with Crippen molar-refractivity contribution >= 4 is 11.6 Å². The average Bonchev–Trinajstić information content (AvgIpc) is 2.65. The minimum atomic E-state index is -0.345. The lowest BCUT2D eigenvalue weighted by Crippen LogP contribution is -2.24. The smallest absolute Gasteiger partial charge is 0.224 e. The molecule has 0 fully saturated rings. The molecule has 5 nitrogen and oxygen atoms in total. The van der Waals surface area contributed by atoms with Gasteiger partial charge in [0.15, 0.2) is 0 Å². The van der Waals surface area contributed by atoms with Gasteiger partial charge in [-0.15, -0.1) is 0 Å². The lowest BCUT2D eigenvalue weighted by molar-refractivity contribution is -0.116. The molecule has 2 aromatic rings. The number of nitrogens with one attached hydrogen (secondary N) is 2. The summed E-state index contributed by atoms with van der Waals surface area (Å²) in [7, 11) is 1.65. The number of carbonyl (C=O) groups excluding carboxylic acids is 1. The van der Waals surface area contributed by atoms with Crippen molar-refractivity contribution in [1.82, 2.24) is 5.32 Å². The molecule has 0 bridgehead atoms. The number of hydrogen-bond donors (Lipinski definition) is 2. The Morgan fingerprint density at radius 2 is 1.96 bits per heavy atom. The standard InChI is InChI=1S/C20H23FN2O3/c1-25-17-5-2-14(3-6-17)8-9-22-10-11-26-18-13-16(21)12-15-4-7-19(24)23-20(15)18/h2-3,5-6,12-13,22H,4,7-11H2,1H3,(H,23,24). The third-order valence-electron chi connectivity index (χ3n) is 4.32. The Labute approximate surface area is 152 Å². The van der Waals surface area contributed by atoms with Crippen LogP contribution in [0.25, 0.3) is 0 Å². The van der Waals surface area contributed by atoms with E-state index >= 15 is 0 Å². The van der Waals surface area contributed by atoms with Gasteiger partial charge in [-0.25, -0.2) is 4.39 Å². The van der Waals surface area contributed by atoms with Crippen LogP contribution < -0.4 is 20.1 Å². The number of hydrogen-bond acceptors (Lipinski definition) is 4. The first kappa shape index (κ1) is 18.2. The number of aryl methyl sites for hydroxylation is 1. The Hall–Kier alpha value is -2.60. The van der Waals surface area contributed by atoms with Gasteiger partial charge in [0.1, 0.15) is 23.9 Å². The van der Waals surface area contributed by atoms with Gasteiger partial charge in [0.25, 0.3) is 0 Å². The Balaban J connectivity index is 1.43. The molecule has 1 amide bonds. The van der Waals surface area contributed by atoms with E-state index < -0.39 is 0 Å². The first-order valence-corrected chi connectivity index (χ1v) is 8.74. The Bertz CT molecular complexity index is 762. The number of amides is 1. The van der Waals surface area contributed by atoms with Gasteiger partial charge in [-0.1, -0.05) is 12.1 Å². The van der Waals surface area contributed by atoms with Crippen molar-refractivity contribution in [3.8, 4) is 11.5 Å². The van der Waals surface area contributed by atoms with Crippen LogP contribution in [0.15, 0.2) is 36.4 Å². The number of halogens is 1. The maximum Gasteiger partial charge on any atom is 0.224 e. The first-order chi connectivity index (χ1) is 12.7. The van der Waals surface area contributed by atoms with E-state index in [1.807, 2.05) is 24.3 Å². The molecule has 0 radical (unpaired) electrons. The topological polar surface area (TPSA) is 59.6 Å². The Morgan fingerprint density at radius 1 is 1.15 bits per heavy atom. The van der Waals surface area contributed by atoms with E-state index in [4.69, 9.17) is 9.47 Å². The highest BCUT2D eigenvalue weighted by atomic mass is 19.1. The van der Waals surface area contributed by atoms with E-state index in [1.165, 1.54) is 17.7 Å². The first-order valence-electron chi connectivity index (χ1n) is 8.74. The van der Waals surface area contributed by atoms with Crippen molar-refractivity contribution in [2.24, 2.45) is 0 Å². The quantitative estimate of drug-likeness (QED) is 0.713. The molecule has 3 rings (SSSR count). The van der Waals surface area contributed by atoms with Crippen molar-refractivity contribution in [3.63, 3.8) is 0 Å². The molecule has 1 aliphatic heterocycles. The number of benzene rings is 2. The molecule has 0 spiro atoms. The van der Waals surface area contributed by atoms with Crippen LogP contribution in [0.3, 0.4) is 0 Å². The van der Waals surface area contributed by atoms with Gasteiger partial charge in [0.05, 0.1) is 12.8 Å². The molecule has 0 aromatic heterocycles. The van der Waals surface area contributed by atoms with Gasteiger partial charge in [-0.3, -0.25) is 4.79 Å². The van der Waals surface area contributed by atoms with E-state index in [2.05, 4.69) is 10.6 Å². The van der Waals surface area contributed by atoms with Crippen LogP contribution in [0.1, 0.15) is 17.5 Å². The van der Waals surface area contributed by atoms with E-state index in [9.17, 15) is 9.18 Å². The van der Waals surface area contributed by atoms with Crippen molar-refractivity contribution < 1.29 is 18.7 Å². The molecule has 6 heteroatoms. The average molecular weight is 358 g/mol. The van der Waals surface area contributed by atoms with Gasteiger partial charge in [0, 0.05) is 19.0 Å². The molecular weight excluding hydrogens is 335 g/mol. The zero-order valence-corrected chi connectivity index (χ0v) is 14.8. The third-order valence-corrected chi connectivity index (χ3v) is 4.32. The third kappa shape index (κ3) is 4.73. The summed E-state index contributed by atoms with van der Waals surface area (Å²) in [5, 5.41) is 6.08. The highest BCUT2D eigenvalue weighted by Gasteiger charge is 2.20. The zero-order chi connectivity index (χ0) is 18.4. The van der Waals surface area contributed by atoms with Gasteiger partial charge in [-0.2, -0.15) is 0 Å². The van der Waals surface area contributed by atoms with E-state index in [-0.39, 0.29) is 11.7 Å². The van der Waals surface area contributed by atoms with Crippen molar-refractivity contribution in [3.05, 3.63) is 53.3 Å². The minimum absolute atomic E-state index is 0.0634. The fraction of sp³-hybridized carbons (Fsp3) is 0.350. The maximum absolute atomic E-state index is 13.7. The largest absolute Gasteiger partial charge is 0.497 e. The van der Waals surface area contributed by atoms with Crippen LogP contribution in [0.2, 0.25) is 0 Å². The number of carbonyl (C=O) groups is 1. The lowest BCUT2D eigenvalue weighted by atomic mass is 10.0. The number of ether oxygens (including phenoxy) is 2. The van der Waals surface area contributed by atoms with Crippen molar-refractivity contribution in [1.29, 1.82) is 0 Å². The number of rotatable bonds is 8. The van der Waals surface area contributed by atoms with Gasteiger partial charge in [0.2, 0.25) is 5.91 Å². The van der Waals surface area contributed by atoms with Gasteiger partial charge < -0.3 is 20.1 Å². The highest BCUT2D eigenvalue weighted by molar-refractivity contribution is 5.95. The fourth-order valence-corrected chi connectivity index (χ4v) is 2.92. The number of anilines is 1. The monoisotopic (exact) mass is 358 g/mol. The molecule has 0 aliphatic carbocycles. The summed E-state index contributed by atoms with van der Waals surface area (Å²) in [5.74, 6) is 0.833. The molecule has 0 saturated carbocycles. The summed E-state index contributed by atoms with van der Waals surface area (Å²) >= 11 is 0. The fourth-order valence-electron chi connectivity index (χ4n) is 2.92. The van der Waals surface area contributed by atoms with Crippen LogP contribution in [-0.4, -0.2) is 32.7 Å². The number of fused-ring (bicyclic) bond motifs is 1. The molecule has 0 atom stereocenters. The molecule has 138 valence electrons. The summed E-state index contributed by atoms with van der Waals surface area (Å²) in [4.78, 5) is 11.6. The molecular formula is C20H23FN2O3. The zero-order valence-electron chi connectivity index (χ0n) is 14.8. The van der Waals surface area contributed by atoms with E-state index in [1.54, 1.807) is 7.11 Å². The SMILES string of the molecule is COc1ccc(CCNCCOc2cc(F)cc3c2NC(=O)CC3)cc1. The predicted octanol–water partition coefficient (Wildman–Crippen LogP) is 2.93. The Kier molecular flexibility index (Phi) is 6.07. The summed E-state index contributed by atoms with van der Waals surface area (Å²) in [6.07, 6.45) is 1.81. The van der Waals surface area contributed by atoms with E-state index in [0.29, 0.717) is 37.4 Å². The maximum atomic E-state index is 13.7. The summed E-state index contributed by atoms with van der Waals surface area (Å²) in [6.45, 7) is 1.84. The van der Waals surface area contributed by atoms with Crippen LogP contribution in [-0.2, 0) is 17.6 Å². The second-order valence-electron chi connectivity index (χ2n) is 6.18. The predicted molar refractivity (Wildman–Crippen MR) is 98.4 cm³/mol. The molecule has 26 heavy (non-hydrogen) atoms.